The minimum absolute atomic E-state index is 0.0787. The molecule has 0 heterocycles. The van der Waals surface area contributed by atoms with Crippen LogP contribution in [0.4, 0.5) is 0 Å². The van der Waals surface area contributed by atoms with Gasteiger partial charge in [-0.25, -0.2) is 0 Å². The Morgan fingerprint density at radius 1 is 1.22 bits per heavy atom. The van der Waals surface area contributed by atoms with Crippen LogP contribution in [0.5, 0.6) is 0 Å². The molecule has 5 nitrogen and oxygen atoms in total. The van der Waals surface area contributed by atoms with Crippen molar-refractivity contribution in [1.82, 2.24) is 0 Å². The van der Waals surface area contributed by atoms with Gasteiger partial charge < -0.3 is 0 Å². The highest BCUT2D eigenvalue weighted by Crippen LogP contribution is 2.67. The Morgan fingerprint density at radius 3 is 2.63 bits per heavy atom. The standard InChI is InChI=1S/C22H31NO4/c1-13(24)20-14(12-23(26)27)10-19-17-5-4-15-11-16(25)6-8-21(15,2)18(17)7-9-22(19,20)3/h11,14,17-20H,4-10,12H2,1-3H3/t14-,17+,18-,19-,20-,21-,22-/m0/s1. The number of fused-ring (bicyclic) bond motifs is 5. The van der Waals surface area contributed by atoms with Crippen LogP contribution in [0.25, 0.3) is 0 Å². The van der Waals surface area contributed by atoms with Gasteiger partial charge in [-0.3, -0.25) is 19.7 Å². The summed E-state index contributed by atoms with van der Waals surface area (Å²) in [7, 11) is 0. The summed E-state index contributed by atoms with van der Waals surface area (Å²) in [5.41, 5.74) is 1.34. The molecule has 0 spiro atoms. The number of nitrogens with zero attached hydrogens (tertiary/aromatic N) is 1. The first-order chi connectivity index (χ1) is 12.7. The van der Waals surface area contributed by atoms with Gasteiger partial charge in [0.25, 0.3) is 0 Å². The Hall–Kier alpha value is -1.52. The number of nitro groups is 1. The lowest BCUT2D eigenvalue weighted by molar-refractivity contribution is -0.489. The Labute approximate surface area is 161 Å². The fourth-order valence-electron chi connectivity index (χ4n) is 7.91. The van der Waals surface area contributed by atoms with Crippen molar-refractivity contribution in [2.75, 3.05) is 6.54 Å². The summed E-state index contributed by atoms with van der Waals surface area (Å²) >= 11 is 0. The van der Waals surface area contributed by atoms with E-state index in [0.29, 0.717) is 24.2 Å². The van der Waals surface area contributed by atoms with Crippen LogP contribution in [-0.4, -0.2) is 23.0 Å². The van der Waals surface area contributed by atoms with E-state index in [1.807, 2.05) is 6.08 Å². The SMILES string of the molecule is CC(=O)[C@H]1[C@H](C[N+](=O)[O-])C[C@H]2[C@@H]3CCC4=CC(=O)CC[C@]4(C)[C@H]3CC[C@@]21C. The average Bonchev–Trinajstić information content (AvgIpc) is 2.86. The van der Waals surface area contributed by atoms with E-state index >= 15 is 0 Å². The number of hydrogen-bond donors (Lipinski definition) is 0. The molecule has 0 radical (unpaired) electrons. The van der Waals surface area contributed by atoms with Crippen LogP contribution >= 0.6 is 0 Å². The van der Waals surface area contributed by atoms with Gasteiger partial charge in [0.05, 0.1) is 0 Å². The Bertz CT molecular complexity index is 728. The van der Waals surface area contributed by atoms with Gasteiger partial charge in [0, 0.05) is 23.2 Å². The molecule has 0 saturated heterocycles. The van der Waals surface area contributed by atoms with Gasteiger partial charge in [-0.05, 0) is 80.1 Å². The van der Waals surface area contributed by atoms with Crippen molar-refractivity contribution in [1.29, 1.82) is 0 Å². The van der Waals surface area contributed by atoms with Crippen LogP contribution in [0.2, 0.25) is 0 Å². The number of hydrogen-bond acceptors (Lipinski definition) is 4. The molecule has 0 bridgehead atoms. The summed E-state index contributed by atoms with van der Waals surface area (Å²) < 4.78 is 0. The number of allylic oxidation sites excluding steroid dienone is 1. The minimum Gasteiger partial charge on any atom is -0.300 e. The summed E-state index contributed by atoms with van der Waals surface area (Å²) in [6.07, 6.45) is 8.41. The molecular weight excluding hydrogens is 342 g/mol. The third kappa shape index (κ3) is 2.72. The van der Waals surface area contributed by atoms with Crippen LogP contribution in [-0.2, 0) is 9.59 Å². The second-order valence-corrected chi connectivity index (χ2v) is 10.1. The van der Waals surface area contributed by atoms with Crippen molar-refractivity contribution >= 4 is 11.6 Å². The molecule has 0 unspecified atom stereocenters. The zero-order valence-corrected chi connectivity index (χ0v) is 16.7. The van der Waals surface area contributed by atoms with Crippen molar-refractivity contribution in [3.63, 3.8) is 0 Å². The lowest BCUT2D eigenvalue weighted by Gasteiger charge is -2.58. The summed E-state index contributed by atoms with van der Waals surface area (Å²) in [5, 5.41) is 11.2. The molecule has 0 aromatic heterocycles. The van der Waals surface area contributed by atoms with Crippen LogP contribution in [0.15, 0.2) is 11.6 Å². The van der Waals surface area contributed by atoms with E-state index in [2.05, 4.69) is 13.8 Å². The molecule has 3 saturated carbocycles. The Balaban J connectivity index is 1.68. The Kier molecular flexibility index (Phi) is 4.36. The van der Waals surface area contributed by atoms with Gasteiger partial charge in [0.2, 0.25) is 6.54 Å². The van der Waals surface area contributed by atoms with E-state index < -0.39 is 0 Å². The summed E-state index contributed by atoms with van der Waals surface area (Å²) in [6.45, 7) is 6.13. The van der Waals surface area contributed by atoms with Crippen molar-refractivity contribution < 1.29 is 14.5 Å². The van der Waals surface area contributed by atoms with Crippen molar-refractivity contribution in [3.05, 3.63) is 21.8 Å². The first-order valence-electron chi connectivity index (χ1n) is 10.5. The molecule has 4 rings (SSSR count). The number of Topliss-reactive ketones (excluding diaryl/α,β-unsaturated/α-hetero) is 1. The molecule has 7 atom stereocenters. The maximum atomic E-state index is 12.5. The molecule has 3 fully saturated rings. The molecule has 0 aromatic carbocycles. The molecule has 148 valence electrons. The largest absolute Gasteiger partial charge is 0.300 e. The van der Waals surface area contributed by atoms with Crippen molar-refractivity contribution in [2.24, 2.45) is 40.4 Å². The zero-order valence-electron chi connectivity index (χ0n) is 16.7. The molecular formula is C22H31NO4. The van der Waals surface area contributed by atoms with Crippen LogP contribution in [0, 0.1) is 50.5 Å². The van der Waals surface area contributed by atoms with E-state index in [4.69, 9.17) is 0 Å². The second kappa shape index (κ2) is 6.25. The molecule has 5 heteroatoms. The van der Waals surface area contributed by atoms with E-state index in [1.165, 1.54) is 5.57 Å². The number of ketones is 2. The molecule has 0 aromatic rings. The van der Waals surface area contributed by atoms with Crippen LogP contribution in [0.1, 0.15) is 65.7 Å². The summed E-state index contributed by atoms with van der Waals surface area (Å²) in [6, 6.07) is 0. The first kappa shape index (κ1) is 18.8. The number of rotatable bonds is 3. The lowest BCUT2D eigenvalue weighted by Crippen LogP contribution is -2.51. The van der Waals surface area contributed by atoms with E-state index in [-0.39, 0.29) is 45.7 Å². The number of carbonyl (C=O) groups excluding carboxylic acids is 2. The predicted molar refractivity (Wildman–Crippen MR) is 102 cm³/mol. The maximum absolute atomic E-state index is 12.5. The number of carbonyl (C=O) groups is 2. The van der Waals surface area contributed by atoms with E-state index in [0.717, 1.165) is 38.5 Å². The summed E-state index contributed by atoms with van der Waals surface area (Å²) in [5.74, 6) is 1.58. The highest BCUT2D eigenvalue weighted by atomic mass is 16.6. The molecule has 27 heavy (non-hydrogen) atoms. The van der Waals surface area contributed by atoms with Gasteiger partial charge >= 0.3 is 0 Å². The fraction of sp³-hybridized carbons (Fsp3) is 0.818. The average molecular weight is 373 g/mol. The second-order valence-electron chi connectivity index (χ2n) is 10.1. The molecule has 0 N–H and O–H groups in total. The molecule has 4 aliphatic rings. The highest BCUT2D eigenvalue weighted by molar-refractivity contribution is 5.91. The zero-order chi connectivity index (χ0) is 19.6. The normalized spacial score (nSPS) is 46.1. The monoisotopic (exact) mass is 373 g/mol. The molecule has 0 amide bonds. The first-order valence-corrected chi connectivity index (χ1v) is 10.5. The van der Waals surface area contributed by atoms with Gasteiger partial charge in [0.1, 0.15) is 5.78 Å². The maximum Gasteiger partial charge on any atom is 0.207 e. The van der Waals surface area contributed by atoms with Gasteiger partial charge in [-0.15, -0.1) is 0 Å². The van der Waals surface area contributed by atoms with Crippen LogP contribution < -0.4 is 0 Å². The predicted octanol–water partition coefficient (Wildman–Crippen LogP) is 4.23. The van der Waals surface area contributed by atoms with Gasteiger partial charge in [0.15, 0.2) is 5.78 Å². The highest BCUT2D eigenvalue weighted by Gasteiger charge is 2.62. The third-order valence-electron chi connectivity index (χ3n) is 8.96. The summed E-state index contributed by atoms with van der Waals surface area (Å²) in [4.78, 5) is 35.5. The molecule has 4 aliphatic carbocycles. The van der Waals surface area contributed by atoms with Crippen LogP contribution in [0.3, 0.4) is 0 Å². The topological polar surface area (TPSA) is 77.3 Å². The smallest absolute Gasteiger partial charge is 0.207 e. The van der Waals surface area contributed by atoms with Gasteiger partial charge in [-0.1, -0.05) is 19.4 Å². The molecule has 0 aliphatic heterocycles. The quantitative estimate of drug-likeness (QED) is 0.548. The lowest BCUT2D eigenvalue weighted by atomic mass is 9.46. The van der Waals surface area contributed by atoms with E-state index in [1.54, 1.807) is 6.92 Å². The van der Waals surface area contributed by atoms with Crippen molar-refractivity contribution in [3.8, 4) is 0 Å². The fourth-order valence-corrected chi connectivity index (χ4v) is 7.91. The van der Waals surface area contributed by atoms with Crippen molar-refractivity contribution in [2.45, 2.75) is 65.7 Å². The Morgan fingerprint density at radius 2 is 1.96 bits per heavy atom. The van der Waals surface area contributed by atoms with Gasteiger partial charge in [-0.2, -0.15) is 0 Å². The minimum atomic E-state index is -0.228. The third-order valence-corrected chi connectivity index (χ3v) is 8.96. The van der Waals surface area contributed by atoms with E-state index in [9.17, 15) is 19.7 Å².